The monoisotopic (exact) mass is 446 g/mol. The van der Waals surface area contributed by atoms with Crippen LogP contribution in [-0.4, -0.2) is 57.6 Å². The number of likely N-dealkylation sites (tertiary alicyclic amines) is 1. The Labute approximate surface area is 181 Å². The van der Waals surface area contributed by atoms with Crippen molar-refractivity contribution in [2.75, 3.05) is 6.54 Å². The highest BCUT2D eigenvalue weighted by atomic mass is 19.4. The zero-order valence-electron chi connectivity index (χ0n) is 16.9. The maximum absolute atomic E-state index is 13.7. The van der Waals surface area contributed by atoms with Gasteiger partial charge in [-0.1, -0.05) is 0 Å². The van der Waals surface area contributed by atoms with Crippen molar-refractivity contribution in [1.82, 2.24) is 4.90 Å². The number of rotatable bonds is 5. The van der Waals surface area contributed by atoms with Crippen LogP contribution in [-0.2, 0) is 4.79 Å². The zero-order valence-corrected chi connectivity index (χ0v) is 16.9. The molecule has 0 spiro atoms. The average Bonchev–Trinajstić information content (AvgIpc) is 3.33. The molecule has 32 heavy (non-hydrogen) atoms. The van der Waals surface area contributed by atoms with Gasteiger partial charge in [-0.05, 0) is 48.5 Å². The second kappa shape index (κ2) is 8.25. The van der Waals surface area contributed by atoms with Crippen LogP contribution < -0.4 is 0 Å². The summed E-state index contributed by atoms with van der Waals surface area (Å²) in [5.41, 5.74) is -0.418. The number of allylic oxidation sites excluding steroid dienone is 1. The molecular weight excluding hydrogens is 426 g/mol. The van der Waals surface area contributed by atoms with Crippen LogP contribution in [0.4, 0.5) is 17.6 Å². The minimum absolute atomic E-state index is 0.109. The Hall–Kier alpha value is -3.43. The summed E-state index contributed by atoms with van der Waals surface area (Å²) in [5.74, 6) is -1.47. The van der Waals surface area contributed by atoms with Crippen LogP contribution in [0.2, 0.25) is 0 Å². The third-order valence-corrected chi connectivity index (χ3v) is 5.64. The van der Waals surface area contributed by atoms with Crippen molar-refractivity contribution in [2.45, 2.75) is 37.9 Å². The van der Waals surface area contributed by atoms with E-state index in [1.54, 1.807) is 0 Å². The summed E-state index contributed by atoms with van der Waals surface area (Å²) < 4.78 is 55.5. The molecule has 166 valence electrons. The van der Waals surface area contributed by atoms with Crippen LogP contribution in [0, 0.1) is 16.6 Å². The third-order valence-electron chi connectivity index (χ3n) is 5.64. The standard InChI is InChI=1S/C22H20F4N5O/c23-14-6-4-13(5-7-14)19-11-15(22(24,25)26)20-29-17(12-31(19)20)21(32)30-10-2-1-3-18(30)16(28)8-9-27/h4-7,9,11-12,18,27-28H,1-3,8,10H2/q+1. The van der Waals surface area contributed by atoms with Crippen molar-refractivity contribution in [1.29, 1.82) is 10.8 Å². The van der Waals surface area contributed by atoms with Gasteiger partial charge in [0.15, 0.2) is 11.8 Å². The Balaban J connectivity index is 1.72. The molecule has 3 heterocycles. The number of aliphatic imine (C=N–C) groups is 1. The number of carbonyl (C=O) groups excluding carboxylic acids is 1. The molecular formula is C22H20F4N5O+. The summed E-state index contributed by atoms with van der Waals surface area (Å²) >= 11 is 0. The largest absolute Gasteiger partial charge is 0.424 e. The molecule has 2 N–H and O–H groups in total. The van der Waals surface area contributed by atoms with Gasteiger partial charge in [0.05, 0.1) is 6.04 Å². The summed E-state index contributed by atoms with van der Waals surface area (Å²) in [6, 6.07) is 4.53. The zero-order chi connectivity index (χ0) is 23.0. The summed E-state index contributed by atoms with van der Waals surface area (Å²) in [5, 5.41) is 15.4. The van der Waals surface area contributed by atoms with Gasteiger partial charge in [0.1, 0.15) is 11.5 Å². The molecule has 1 fully saturated rings. The summed E-state index contributed by atoms with van der Waals surface area (Å²) in [6.45, 7) is 0.364. The lowest BCUT2D eigenvalue weighted by molar-refractivity contribution is -0.317. The number of alkyl halides is 3. The maximum atomic E-state index is 13.7. The molecule has 1 aromatic carbocycles. The number of nitrogens with one attached hydrogen (secondary N) is 2. The van der Waals surface area contributed by atoms with Crippen molar-refractivity contribution >= 4 is 29.4 Å². The Morgan fingerprint density at radius 2 is 1.97 bits per heavy atom. The molecule has 0 aromatic heterocycles. The first-order valence-corrected chi connectivity index (χ1v) is 10.1. The number of nitrogens with zero attached hydrogens (tertiary/aromatic N) is 3. The number of piperidine rings is 1. The lowest BCUT2D eigenvalue weighted by Gasteiger charge is -2.35. The van der Waals surface area contributed by atoms with Crippen molar-refractivity contribution in [2.24, 2.45) is 4.99 Å². The molecule has 4 rings (SSSR count). The molecule has 1 amide bonds. The van der Waals surface area contributed by atoms with Gasteiger partial charge in [-0.15, -0.1) is 0 Å². The number of benzene rings is 1. The number of hydrogen-bond acceptors (Lipinski definition) is 4. The molecule has 6 nitrogen and oxygen atoms in total. The van der Waals surface area contributed by atoms with Crippen LogP contribution in [0.3, 0.4) is 0 Å². The first kappa shape index (κ1) is 21.8. The van der Waals surface area contributed by atoms with Gasteiger partial charge in [-0.25, -0.2) is 4.39 Å². The number of halogens is 4. The van der Waals surface area contributed by atoms with Crippen molar-refractivity contribution < 1.29 is 26.9 Å². The van der Waals surface area contributed by atoms with E-state index in [4.69, 9.17) is 10.8 Å². The van der Waals surface area contributed by atoms with E-state index in [0.29, 0.717) is 24.9 Å². The van der Waals surface area contributed by atoms with E-state index in [1.807, 2.05) is 0 Å². The fourth-order valence-corrected chi connectivity index (χ4v) is 4.11. The van der Waals surface area contributed by atoms with Crippen molar-refractivity contribution in [3.8, 4) is 0 Å². The van der Waals surface area contributed by atoms with E-state index >= 15 is 0 Å². The van der Waals surface area contributed by atoms with Gasteiger partial charge in [-0.3, -0.25) is 4.79 Å². The van der Waals surface area contributed by atoms with E-state index in [9.17, 15) is 22.4 Å². The topological polar surface area (TPSA) is 83.4 Å². The van der Waals surface area contributed by atoms with Crippen LogP contribution in [0.25, 0.3) is 0 Å². The number of hydrogen-bond donors (Lipinski definition) is 2. The summed E-state index contributed by atoms with van der Waals surface area (Å²) in [4.78, 5) is 18.7. The fraction of sp³-hybridized carbons (Fsp3) is 0.318. The molecule has 0 saturated carbocycles. The Kier molecular flexibility index (Phi) is 5.62. The highest BCUT2D eigenvalue weighted by Crippen LogP contribution is 2.34. The van der Waals surface area contributed by atoms with E-state index < -0.39 is 35.4 Å². The first-order chi connectivity index (χ1) is 15.2. The third kappa shape index (κ3) is 3.92. The average molecular weight is 446 g/mol. The van der Waals surface area contributed by atoms with E-state index in [0.717, 1.165) is 30.8 Å². The quantitative estimate of drug-likeness (QED) is 0.402. The normalized spacial score (nSPS) is 20.6. The second-order valence-corrected chi connectivity index (χ2v) is 7.71. The predicted molar refractivity (Wildman–Crippen MR) is 111 cm³/mol. The first-order valence-electron chi connectivity index (χ1n) is 10.1. The minimum atomic E-state index is -4.69. The maximum Gasteiger partial charge on any atom is 0.424 e. The van der Waals surface area contributed by atoms with E-state index in [1.165, 1.54) is 27.8 Å². The molecule has 0 aliphatic carbocycles. The Bertz CT molecular complexity index is 1110. The Morgan fingerprint density at radius 3 is 2.62 bits per heavy atom. The Morgan fingerprint density at radius 1 is 1.25 bits per heavy atom. The number of fused-ring (bicyclic) bond motifs is 1. The van der Waals surface area contributed by atoms with Crippen LogP contribution in [0.15, 0.2) is 52.8 Å². The van der Waals surface area contributed by atoms with Crippen LogP contribution >= 0.6 is 0 Å². The van der Waals surface area contributed by atoms with Gasteiger partial charge in [0, 0.05) is 36.5 Å². The second-order valence-electron chi connectivity index (χ2n) is 7.71. The molecule has 0 bridgehead atoms. The highest BCUT2D eigenvalue weighted by molar-refractivity contribution is 6.19. The van der Waals surface area contributed by atoms with Gasteiger partial charge in [-0.2, -0.15) is 17.7 Å². The molecule has 1 saturated heterocycles. The highest BCUT2D eigenvalue weighted by Gasteiger charge is 2.50. The van der Waals surface area contributed by atoms with Crippen LogP contribution in [0.1, 0.15) is 31.2 Å². The molecule has 1 atom stereocenters. The van der Waals surface area contributed by atoms with Crippen molar-refractivity contribution in [3.05, 3.63) is 59.2 Å². The van der Waals surface area contributed by atoms with Gasteiger partial charge in [0.25, 0.3) is 5.70 Å². The van der Waals surface area contributed by atoms with Gasteiger partial charge >= 0.3 is 17.9 Å². The predicted octanol–water partition coefficient (Wildman–Crippen LogP) is 3.82. The summed E-state index contributed by atoms with van der Waals surface area (Å²) in [6.07, 6.45) is 0.807. The number of carbonyl (C=O) groups is 1. The fourth-order valence-electron chi connectivity index (χ4n) is 4.11. The van der Waals surface area contributed by atoms with Gasteiger partial charge < -0.3 is 15.7 Å². The number of amidine groups is 1. The van der Waals surface area contributed by atoms with Gasteiger partial charge in [0.2, 0.25) is 0 Å². The SMILES string of the molecule is N=CCC(=N)C1CCCCN1C(=O)C1=C[N+]2=C(c3ccc(F)cc3)C=C(C(F)(F)F)C2=N1. The summed E-state index contributed by atoms with van der Waals surface area (Å²) in [7, 11) is 0. The molecule has 1 unspecified atom stereocenters. The molecule has 10 heteroatoms. The lowest BCUT2D eigenvalue weighted by Crippen LogP contribution is -2.48. The number of amides is 1. The molecule has 3 aliphatic heterocycles. The minimum Gasteiger partial charge on any atom is -0.327 e. The van der Waals surface area contributed by atoms with E-state index in [2.05, 4.69) is 4.99 Å². The molecule has 1 aromatic rings. The lowest BCUT2D eigenvalue weighted by atomic mass is 9.96. The molecule has 0 radical (unpaired) electrons. The molecule has 3 aliphatic rings. The van der Waals surface area contributed by atoms with Crippen molar-refractivity contribution in [3.63, 3.8) is 0 Å². The smallest absolute Gasteiger partial charge is 0.327 e. The van der Waals surface area contributed by atoms with Crippen LogP contribution in [0.5, 0.6) is 0 Å². The van der Waals surface area contributed by atoms with E-state index in [-0.39, 0.29) is 23.5 Å².